The zero-order chi connectivity index (χ0) is 13.1. The standard InChI is InChI=1S/C14H18O4/c1-9-6-7-10(14(16)17)8-13(9)18-12-5-3-2-4-11(12)15/h6-8,11-12,15H,2-5H2,1H3,(H,16,17). The summed E-state index contributed by atoms with van der Waals surface area (Å²) in [6.45, 7) is 1.87. The topological polar surface area (TPSA) is 66.8 Å². The van der Waals surface area contributed by atoms with Gasteiger partial charge in [-0.1, -0.05) is 12.5 Å². The minimum absolute atomic E-state index is 0.209. The monoisotopic (exact) mass is 250 g/mol. The van der Waals surface area contributed by atoms with Crippen LogP contribution in [0, 0.1) is 6.92 Å². The summed E-state index contributed by atoms with van der Waals surface area (Å²) in [4.78, 5) is 10.9. The molecule has 0 radical (unpaired) electrons. The molecule has 0 bridgehead atoms. The molecule has 0 aromatic heterocycles. The molecule has 0 spiro atoms. The second kappa shape index (κ2) is 5.40. The van der Waals surface area contributed by atoms with E-state index in [1.807, 2.05) is 6.92 Å². The van der Waals surface area contributed by atoms with Gasteiger partial charge < -0.3 is 14.9 Å². The molecule has 1 aliphatic rings. The Balaban J connectivity index is 2.17. The van der Waals surface area contributed by atoms with Crippen molar-refractivity contribution in [3.8, 4) is 5.75 Å². The molecule has 0 amide bonds. The minimum Gasteiger partial charge on any atom is -0.487 e. The van der Waals surface area contributed by atoms with Gasteiger partial charge >= 0.3 is 5.97 Å². The van der Waals surface area contributed by atoms with E-state index in [9.17, 15) is 9.90 Å². The molecule has 2 unspecified atom stereocenters. The Hall–Kier alpha value is -1.55. The summed E-state index contributed by atoms with van der Waals surface area (Å²) in [6.07, 6.45) is 2.96. The van der Waals surface area contributed by atoms with Gasteiger partial charge in [0.05, 0.1) is 11.7 Å². The Morgan fingerprint density at radius 3 is 2.72 bits per heavy atom. The predicted molar refractivity (Wildman–Crippen MR) is 67.0 cm³/mol. The molecular formula is C14H18O4. The van der Waals surface area contributed by atoms with E-state index < -0.39 is 12.1 Å². The van der Waals surface area contributed by atoms with Gasteiger partial charge in [-0.25, -0.2) is 4.79 Å². The fourth-order valence-corrected chi connectivity index (χ4v) is 2.24. The lowest BCUT2D eigenvalue weighted by atomic mass is 9.94. The third-order valence-electron chi connectivity index (χ3n) is 3.38. The summed E-state index contributed by atoms with van der Waals surface area (Å²) in [5, 5.41) is 18.8. The highest BCUT2D eigenvalue weighted by Crippen LogP contribution is 2.27. The van der Waals surface area contributed by atoms with Crippen LogP contribution in [0.4, 0.5) is 0 Å². The van der Waals surface area contributed by atoms with Crippen LogP contribution in [0.1, 0.15) is 41.6 Å². The second-order valence-electron chi connectivity index (χ2n) is 4.79. The number of benzene rings is 1. The van der Waals surface area contributed by atoms with Crippen LogP contribution in [0.2, 0.25) is 0 Å². The van der Waals surface area contributed by atoms with Gasteiger partial charge in [-0.3, -0.25) is 0 Å². The molecule has 1 saturated carbocycles. The molecular weight excluding hydrogens is 232 g/mol. The van der Waals surface area contributed by atoms with Crippen molar-refractivity contribution in [2.24, 2.45) is 0 Å². The van der Waals surface area contributed by atoms with E-state index in [0.717, 1.165) is 31.2 Å². The Morgan fingerprint density at radius 1 is 1.33 bits per heavy atom. The maximum atomic E-state index is 10.9. The lowest BCUT2D eigenvalue weighted by molar-refractivity contribution is 0.00649. The number of hydrogen-bond acceptors (Lipinski definition) is 3. The van der Waals surface area contributed by atoms with E-state index in [2.05, 4.69) is 0 Å². The van der Waals surface area contributed by atoms with Crippen molar-refractivity contribution in [2.75, 3.05) is 0 Å². The Kier molecular flexibility index (Phi) is 3.87. The van der Waals surface area contributed by atoms with Crippen LogP contribution in [0.15, 0.2) is 18.2 Å². The minimum atomic E-state index is -0.968. The first-order valence-electron chi connectivity index (χ1n) is 6.26. The molecule has 1 aromatic rings. The first-order chi connectivity index (χ1) is 8.58. The molecule has 2 rings (SSSR count). The van der Waals surface area contributed by atoms with Gasteiger partial charge in [0.2, 0.25) is 0 Å². The number of aliphatic hydroxyl groups excluding tert-OH is 1. The molecule has 1 fully saturated rings. The summed E-state index contributed by atoms with van der Waals surface area (Å²) in [5.41, 5.74) is 1.10. The molecule has 4 heteroatoms. The predicted octanol–water partition coefficient (Wildman–Crippen LogP) is 2.38. The van der Waals surface area contributed by atoms with Gasteiger partial charge in [0.25, 0.3) is 0 Å². The molecule has 2 atom stereocenters. The quantitative estimate of drug-likeness (QED) is 0.864. The number of rotatable bonds is 3. The third-order valence-corrected chi connectivity index (χ3v) is 3.38. The number of aryl methyl sites for hydroxylation is 1. The van der Waals surface area contributed by atoms with Crippen LogP contribution in [-0.4, -0.2) is 28.4 Å². The highest BCUT2D eigenvalue weighted by Gasteiger charge is 2.25. The van der Waals surface area contributed by atoms with Crippen molar-refractivity contribution in [3.05, 3.63) is 29.3 Å². The van der Waals surface area contributed by atoms with Crippen molar-refractivity contribution in [2.45, 2.75) is 44.8 Å². The zero-order valence-electron chi connectivity index (χ0n) is 10.4. The maximum Gasteiger partial charge on any atom is 0.335 e. The van der Waals surface area contributed by atoms with Gasteiger partial charge in [0, 0.05) is 0 Å². The van der Waals surface area contributed by atoms with Crippen LogP contribution in [0.5, 0.6) is 5.75 Å². The average Bonchev–Trinajstić information content (AvgIpc) is 2.34. The zero-order valence-corrected chi connectivity index (χ0v) is 10.4. The van der Waals surface area contributed by atoms with Gasteiger partial charge in [0.15, 0.2) is 0 Å². The number of carboxylic acid groups (broad SMARTS) is 1. The van der Waals surface area contributed by atoms with E-state index >= 15 is 0 Å². The molecule has 2 N–H and O–H groups in total. The number of aliphatic hydroxyl groups is 1. The van der Waals surface area contributed by atoms with Gasteiger partial charge in [-0.05, 0) is 43.9 Å². The summed E-state index contributed by atoms with van der Waals surface area (Å²) in [5.74, 6) is -0.412. The number of aromatic carboxylic acids is 1. The first kappa shape index (κ1) is 12.9. The van der Waals surface area contributed by atoms with Crippen molar-refractivity contribution in [3.63, 3.8) is 0 Å². The van der Waals surface area contributed by atoms with Crippen LogP contribution >= 0.6 is 0 Å². The maximum absolute atomic E-state index is 10.9. The fourth-order valence-electron chi connectivity index (χ4n) is 2.24. The Bertz CT molecular complexity index is 441. The van der Waals surface area contributed by atoms with Crippen molar-refractivity contribution >= 4 is 5.97 Å². The van der Waals surface area contributed by atoms with Crippen LogP contribution in [-0.2, 0) is 0 Å². The average molecular weight is 250 g/mol. The highest BCUT2D eigenvalue weighted by molar-refractivity contribution is 5.88. The molecule has 4 nitrogen and oxygen atoms in total. The van der Waals surface area contributed by atoms with E-state index in [-0.39, 0.29) is 11.7 Å². The highest BCUT2D eigenvalue weighted by atomic mass is 16.5. The molecule has 0 heterocycles. The smallest absolute Gasteiger partial charge is 0.335 e. The van der Waals surface area contributed by atoms with Crippen LogP contribution in [0.3, 0.4) is 0 Å². The molecule has 18 heavy (non-hydrogen) atoms. The van der Waals surface area contributed by atoms with Crippen molar-refractivity contribution in [1.29, 1.82) is 0 Å². The molecule has 0 saturated heterocycles. The Labute approximate surface area is 106 Å². The lowest BCUT2D eigenvalue weighted by Crippen LogP contribution is -2.34. The summed E-state index contributed by atoms with van der Waals surface area (Å²) >= 11 is 0. The Morgan fingerprint density at radius 2 is 2.06 bits per heavy atom. The van der Waals surface area contributed by atoms with E-state index in [1.54, 1.807) is 12.1 Å². The number of hydrogen-bond donors (Lipinski definition) is 2. The summed E-state index contributed by atoms with van der Waals surface area (Å²) in [6, 6.07) is 4.81. The summed E-state index contributed by atoms with van der Waals surface area (Å²) < 4.78 is 5.78. The second-order valence-corrected chi connectivity index (χ2v) is 4.79. The van der Waals surface area contributed by atoms with E-state index in [1.165, 1.54) is 6.07 Å². The first-order valence-corrected chi connectivity index (χ1v) is 6.26. The van der Waals surface area contributed by atoms with Gasteiger partial charge in [0.1, 0.15) is 11.9 Å². The molecule has 1 aromatic carbocycles. The molecule has 0 aliphatic heterocycles. The van der Waals surface area contributed by atoms with Crippen LogP contribution < -0.4 is 4.74 Å². The van der Waals surface area contributed by atoms with Crippen molar-refractivity contribution in [1.82, 2.24) is 0 Å². The van der Waals surface area contributed by atoms with E-state index in [4.69, 9.17) is 9.84 Å². The number of carbonyl (C=O) groups is 1. The molecule has 98 valence electrons. The SMILES string of the molecule is Cc1ccc(C(=O)O)cc1OC1CCCCC1O. The summed E-state index contributed by atoms with van der Waals surface area (Å²) in [7, 11) is 0. The van der Waals surface area contributed by atoms with Crippen molar-refractivity contribution < 1.29 is 19.7 Å². The largest absolute Gasteiger partial charge is 0.487 e. The number of carboxylic acids is 1. The number of ether oxygens (including phenoxy) is 1. The van der Waals surface area contributed by atoms with Gasteiger partial charge in [-0.2, -0.15) is 0 Å². The third kappa shape index (κ3) is 2.82. The van der Waals surface area contributed by atoms with Crippen LogP contribution in [0.25, 0.3) is 0 Å². The lowest BCUT2D eigenvalue weighted by Gasteiger charge is -2.28. The fraction of sp³-hybridized carbons (Fsp3) is 0.500. The van der Waals surface area contributed by atoms with E-state index in [0.29, 0.717) is 5.75 Å². The molecule has 1 aliphatic carbocycles. The normalized spacial score (nSPS) is 23.7. The van der Waals surface area contributed by atoms with Gasteiger partial charge in [-0.15, -0.1) is 0 Å².